The highest BCUT2D eigenvalue weighted by atomic mass is 79.9. The summed E-state index contributed by atoms with van der Waals surface area (Å²) < 4.78 is 0.848. The molecule has 0 radical (unpaired) electrons. The average Bonchev–Trinajstić information content (AvgIpc) is 2.51. The van der Waals surface area contributed by atoms with Crippen LogP contribution >= 0.6 is 15.9 Å². The van der Waals surface area contributed by atoms with Crippen LogP contribution in [-0.4, -0.2) is 28.6 Å². The summed E-state index contributed by atoms with van der Waals surface area (Å²) in [6.45, 7) is 0.396. The first-order chi connectivity index (χ1) is 10.9. The van der Waals surface area contributed by atoms with Crippen molar-refractivity contribution in [1.82, 2.24) is 0 Å². The van der Waals surface area contributed by atoms with E-state index in [4.69, 9.17) is 10.8 Å². The Morgan fingerprint density at radius 1 is 1.35 bits per heavy atom. The van der Waals surface area contributed by atoms with Crippen molar-refractivity contribution in [2.75, 3.05) is 11.9 Å². The highest BCUT2D eigenvalue weighted by Crippen LogP contribution is 2.36. The third-order valence-electron chi connectivity index (χ3n) is 3.49. The fraction of sp³-hybridized carbons (Fsp3) is 0.267. The molecule has 0 fully saturated rings. The van der Waals surface area contributed by atoms with E-state index in [0.717, 1.165) is 15.2 Å². The fourth-order valence-corrected chi connectivity index (χ4v) is 2.80. The van der Waals surface area contributed by atoms with Gasteiger partial charge in [0.15, 0.2) is 0 Å². The van der Waals surface area contributed by atoms with Gasteiger partial charge in [-0.05, 0) is 30.4 Å². The summed E-state index contributed by atoms with van der Waals surface area (Å²) in [5.41, 5.74) is 5.86. The van der Waals surface area contributed by atoms with E-state index in [0.29, 0.717) is 25.1 Å². The Balaban J connectivity index is 2.23. The molecule has 0 aromatic heterocycles. The number of halogens is 1. The Kier molecular flexibility index (Phi) is 5.51. The minimum Gasteiger partial charge on any atom is -0.480 e. The summed E-state index contributed by atoms with van der Waals surface area (Å²) in [4.78, 5) is 21.5. The van der Waals surface area contributed by atoms with Gasteiger partial charge in [0.05, 0.1) is 4.92 Å². The number of nitro benzene ring substituents is 1. The summed E-state index contributed by atoms with van der Waals surface area (Å²) in [7, 11) is 0. The van der Waals surface area contributed by atoms with Gasteiger partial charge in [-0.1, -0.05) is 28.1 Å². The maximum atomic E-state index is 11.2. The van der Waals surface area contributed by atoms with Crippen molar-refractivity contribution in [3.05, 3.63) is 44.9 Å². The lowest BCUT2D eigenvalue weighted by Gasteiger charge is -2.12. The summed E-state index contributed by atoms with van der Waals surface area (Å²) >= 11 is 3.43. The number of carboxylic acid groups (broad SMARTS) is 1. The maximum Gasteiger partial charge on any atom is 0.320 e. The molecule has 0 heterocycles. The molecule has 0 spiro atoms. The molecule has 0 aliphatic carbocycles. The van der Waals surface area contributed by atoms with Gasteiger partial charge < -0.3 is 16.2 Å². The van der Waals surface area contributed by atoms with Crippen LogP contribution in [0.3, 0.4) is 0 Å². The van der Waals surface area contributed by atoms with E-state index in [2.05, 4.69) is 21.2 Å². The van der Waals surface area contributed by atoms with Crippen LogP contribution in [0.5, 0.6) is 0 Å². The molecule has 23 heavy (non-hydrogen) atoms. The number of carboxylic acids is 1. The van der Waals surface area contributed by atoms with Crippen LogP contribution in [0.2, 0.25) is 0 Å². The van der Waals surface area contributed by atoms with Gasteiger partial charge in [0.1, 0.15) is 11.7 Å². The van der Waals surface area contributed by atoms with E-state index in [-0.39, 0.29) is 5.69 Å². The highest BCUT2D eigenvalue weighted by Gasteiger charge is 2.18. The molecule has 0 aliphatic rings. The lowest BCUT2D eigenvalue weighted by molar-refractivity contribution is -0.383. The SMILES string of the molecule is N[C@@H](CCCNc1c([N+](=O)[O-])ccc2c(Br)cccc12)C(=O)O. The zero-order valence-corrected chi connectivity index (χ0v) is 13.7. The van der Waals surface area contributed by atoms with Crippen molar-refractivity contribution in [1.29, 1.82) is 0 Å². The lowest BCUT2D eigenvalue weighted by atomic mass is 10.1. The van der Waals surface area contributed by atoms with Crippen molar-refractivity contribution >= 4 is 44.0 Å². The number of carbonyl (C=O) groups is 1. The monoisotopic (exact) mass is 381 g/mol. The molecular formula is C15H16BrN3O4. The lowest BCUT2D eigenvalue weighted by Crippen LogP contribution is -2.30. The predicted octanol–water partition coefficient (Wildman–Crippen LogP) is 3.11. The van der Waals surface area contributed by atoms with Crippen LogP contribution in [0, 0.1) is 10.1 Å². The molecule has 7 nitrogen and oxygen atoms in total. The number of rotatable bonds is 7. The molecule has 0 bridgehead atoms. The van der Waals surface area contributed by atoms with Gasteiger partial charge in [-0.2, -0.15) is 0 Å². The molecule has 8 heteroatoms. The molecule has 2 aromatic rings. The number of nitro groups is 1. The summed E-state index contributed by atoms with van der Waals surface area (Å²) in [6.07, 6.45) is 0.791. The van der Waals surface area contributed by atoms with E-state index in [9.17, 15) is 14.9 Å². The number of aliphatic carboxylic acids is 1. The number of fused-ring (bicyclic) bond motifs is 1. The van der Waals surface area contributed by atoms with Gasteiger partial charge in [0.2, 0.25) is 0 Å². The van der Waals surface area contributed by atoms with Crippen molar-refractivity contribution in [2.45, 2.75) is 18.9 Å². The second-order valence-corrected chi connectivity index (χ2v) is 5.92. The normalized spacial score (nSPS) is 12.1. The molecule has 0 unspecified atom stereocenters. The van der Waals surface area contributed by atoms with E-state index in [1.807, 2.05) is 12.1 Å². The van der Waals surface area contributed by atoms with Crippen LogP contribution in [0.25, 0.3) is 10.8 Å². The largest absolute Gasteiger partial charge is 0.480 e. The van der Waals surface area contributed by atoms with Gasteiger partial charge in [0, 0.05) is 22.5 Å². The van der Waals surface area contributed by atoms with Gasteiger partial charge in [-0.25, -0.2) is 0 Å². The van der Waals surface area contributed by atoms with Gasteiger partial charge in [0.25, 0.3) is 5.69 Å². The third-order valence-corrected chi connectivity index (χ3v) is 4.19. The number of benzene rings is 2. The number of hydrogen-bond donors (Lipinski definition) is 3. The predicted molar refractivity (Wildman–Crippen MR) is 91.6 cm³/mol. The zero-order valence-electron chi connectivity index (χ0n) is 12.2. The Labute approximate surface area is 140 Å². The summed E-state index contributed by atoms with van der Waals surface area (Å²) in [6, 6.07) is 7.71. The molecule has 4 N–H and O–H groups in total. The van der Waals surface area contributed by atoms with E-state index >= 15 is 0 Å². The van der Waals surface area contributed by atoms with E-state index in [1.54, 1.807) is 12.1 Å². The van der Waals surface area contributed by atoms with E-state index < -0.39 is 16.9 Å². The first-order valence-corrected chi connectivity index (χ1v) is 7.79. The van der Waals surface area contributed by atoms with Crippen LogP contribution in [0.15, 0.2) is 34.8 Å². The van der Waals surface area contributed by atoms with Crippen molar-refractivity contribution in [3.63, 3.8) is 0 Å². The van der Waals surface area contributed by atoms with Crippen LogP contribution in [0.4, 0.5) is 11.4 Å². The highest BCUT2D eigenvalue weighted by molar-refractivity contribution is 9.10. The van der Waals surface area contributed by atoms with Crippen LogP contribution < -0.4 is 11.1 Å². The minimum atomic E-state index is -1.05. The molecule has 2 aromatic carbocycles. The van der Waals surface area contributed by atoms with Crippen molar-refractivity contribution in [3.8, 4) is 0 Å². The standard InChI is InChI=1S/C15H16BrN3O4/c16-11-4-1-3-10-9(11)6-7-13(19(22)23)14(10)18-8-2-5-12(17)15(20)21/h1,3-4,6-7,12,18H,2,5,8,17H2,(H,20,21)/t12-/m0/s1. The van der Waals surface area contributed by atoms with Crippen molar-refractivity contribution in [2.24, 2.45) is 5.73 Å². The average molecular weight is 382 g/mol. The van der Waals surface area contributed by atoms with Crippen LogP contribution in [-0.2, 0) is 4.79 Å². The van der Waals surface area contributed by atoms with Crippen molar-refractivity contribution < 1.29 is 14.8 Å². The van der Waals surface area contributed by atoms with Gasteiger partial charge >= 0.3 is 5.97 Å². The second-order valence-electron chi connectivity index (χ2n) is 5.07. The van der Waals surface area contributed by atoms with Gasteiger partial charge in [-0.15, -0.1) is 0 Å². The fourth-order valence-electron chi connectivity index (χ4n) is 2.30. The molecule has 122 valence electrons. The number of nitrogens with one attached hydrogen (secondary N) is 1. The Hall–Kier alpha value is -2.19. The molecular weight excluding hydrogens is 366 g/mol. The first kappa shape index (κ1) is 17.2. The summed E-state index contributed by atoms with van der Waals surface area (Å²) in [5.74, 6) is -1.05. The zero-order chi connectivity index (χ0) is 17.0. The second kappa shape index (κ2) is 7.38. The number of hydrogen-bond acceptors (Lipinski definition) is 5. The first-order valence-electron chi connectivity index (χ1n) is 6.99. The molecule has 0 aliphatic heterocycles. The minimum absolute atomic E-state index is 0.0156. The Morgan fingerprint density at radius 3 is 2.74 bits per heavy atom. The molecule has 0 saturated heterocycles. The smallest absolute Gasteiger partial charge is 0.320 e. The molecule has 0 saturated carbocycles. The van der Waals surface area contributed by atoms with Gasteiger partial charge in [-0.3, -0.25) is 14.9 Å². The quantitative estimate of drug-likeness (QED) is 0.385. The number of nitrogens with two attached hydrogens (primary N) is 1. The third kappa shape index (κ3) is 3.96. The molecule has 2 rings (SSSR count). The number of nitrogens with zero attached hydrogens (tertiary/aromatic N) is 1. The summed E-state index contributed by atoms with van der Waals surface area (Å²) in [5, 5.41) is 24.6. The maximum absolute atomic E-state index is 11.2. The molecule has 1 atom stereocenters. The number of anilines is 1. The van der Waals surface area contributed by atoms with Crippen LogP contribution in [0.1, 0.15) is 12.8 Å². The topological polar surface area (TPSA) is 118 Å². The molecule has 0 amide bonds. The Morgan fingerprint density at radius 2 is 2.09 bits per heavy atom. The van der Waals surface area contributed by atoms with E-state index in [1.165, 1.54) is 6.07 Å². The Bertz CT molecular complexity index is 751.